The molecule has 1 fully saturated rings. The lowest BCUT2D eigenvalue weighted by molar-refractivity contribution is 0.124. The molecule has 4 heteroatoms. The summed E-state index contributed by atoms with van der Waals surface area (Å²) in [6.45, 7) is 5.26. The molecule has 1 saturated carbocycles. The SMILES string of the molecule is C=C(F)/C=C\C(=C/C)C1=CC2(CCCC2)Oc2cc(NS)ccc21. The summed E-state index contributed by atoms with van der Waals surface area (Å²) in [7, 11) is 0. The van der Waals surface area contributed by atoms with Crippen molar-refractivity contribution in [3.05, 3.63) is 66.0 Å². The van der Waals surface area contributed by atoms with Gasteiger partial charge in [-0.2, -0.15) is 0 Å². The van der Waals surface area contributed by atoms with E-state index < -0.39 is 5.83 Å². The maximum atomic E-state index is 13.1. The molecule has 3 rings (SSSR count). The van der Waals surface area contributed by atoms with Crippen LogP contribution in [0.15, 0.2) is 60.5 Å². The summed E-state index contributed by atoms with van der Waals surface area (Å²) in [5, 5.41) is 0. The van der Waals surface area contributed by atoms with Crippen LogP contribution < -0.4 is 9.46 Å². The maximum Gasteiger partial charge on any atom is 0.130 e. The Hall–Kier alpha value is -1.94. The van der Waals surface area contributed by atoms with E-state index in [-0.39, 0.29) is 5.60 Å². The first-order valence-electron chi connectivity index (χ1n) is 8.22. The van der Waals surface area contributed by atoms with E-state index >= 15 is 0 Å². The summed E-state index contributed by atoms with van der Waals surface area (Å²) in [6.07, 6.45) is 11.7. The molecule has 0 unspecified atom stereocenters. The van der Waals surface area contributed by atoms with Gasteiger partial charge in [-0.05, 0) is 68.0 Å². The molecular formula is C20H22FNOS. The fourth-order valence-electron chi connectivity index (χ4n) is 3.47. The van der Waals surface area contributed by atoms with Crippen LogP contribution in [0, 0.1) is 0 Å². The van der Waals surface area contributed by atoms with E-state index in [4.69, 9.17) is 4.74 Å². The van der Waals surface area contributed by atoms with Crippen LogP contribution in [0.4, 0.5) is 10.1 Å². The lowest BCUT2D eigenvalue weighted by Gasteiger charge is -2.34. The Labute approximate surface area is 148 Å². The molecule has 1 aliphatic heterocycles. The van der Waals surface area contributed by atoms with Gasteiger partial charge in [0.2, 0.25) is 0 Å². The molecule has 1 aliphatic carbocycles. The smallest absolute Gasteiger partial charge is 0.130 e. The molecule has 24 heavy (non-hydrogen) atoms. The number of thiol groups is 1. The van der Waals surface area contributed by atoms with Gasteiger partial charge in [0.05, 0.1) is 0 Å². The van der Waals surface area contributed by atoms with E-state index in [0.29, 0.717) is 0 Å². The van der Waals surface area contributed by atoms with Crippen molar-refractivity contribution in [2.45, 2.75) is 38.2 Å². The molecular weight excluding hydrogens is 321 g/mol. The van der Waals surface area contributed by atoms with Crippen LogP contribution in [0.3, 0.4) is 0 Å². The van der Waals surface area contributed by atoms with Gasteiger partial charge in [-0.1, -0.05) is 31.5 Å². The number of rotatable bonds is 4. The van der Waals surface area contributed by atoms with Crippen molar-refractivity contribution >= 4 is 24.1 Å². The van der Waals surface area contributed by atoms with Crippen molar-refractivity contribution in [3.8, 4) is 5.75 Å². The molecule has 1 heterocycles. The summed E-state index contributed by atoms with van der Waals surface area (Å²) in [6, 6.07) is 5.95. The minimum absolute atomic E-state index is 0.258. The Morgan fingerprint density at radius 2 is 2.08 bits per heavy atom. The van der Waals surface area contributed by atoms with Crippen molar-refractivity contribution in [3.63, 3.8) is 0 Å². The first kappa shape index (κ1) is 16.9. The van der Waals surface area contributed by atoms with Crippen molar-refractivity contribution in [2.24, 2.45) is 0 Å². The zero-order valence-electron chi connectivity index (χ0n) is 13.8. The molecule has 1 spiro atoms. The number of hydrogen-bond acceptors (Lipinski definition) is 3. The predicted molar refractivity (Wildman–Crippen MR) is 102 cm³/mol. The second kappa shape index (κ2) is 6.89. The molecule has 0 saturated heterocycles. The number of benzene rings is 1. The third-order valence-corrected chi connectivity index (χ3v) is 4.90. The molecule has 1 aromatic rings. The molecule has 0 amide bonds. The van der Waals surface area contributed by atoms with Gasteiger partial charge >= 0.3 is 0 Å². The maximum absolute atomic E-state index is 13.1. The standard InChI is InChI=1S/C20H22FNOS/c1-3-15(7-6-14(2)21)18-13-20(10-4-5-11-20)23-19-12-16(22-24)8-9-17(18)19/h3,6-9,12-13,22,24H,2,4-5,10-11H2,1H3/b7-6-,15-3+. The average molecular weight is 343 g/mol. The average Bonchev–Trinajstić information content (AvgIpc) is 3.01. The number of ether oxygens (including phenoxy) is 1. The Bertz CT molecular complexity index is 742. The molecule has 126 valence electrons. The molecule has 0 aromatic heterocycles. The van der Waals surface area contributed by atoms with Crippen LogP contribution in [0.1, 0.15) is 38.2 Å². The number of halogens is 1. The van der Waals surface area contributed by atoms with Gasteiger partial charge in [-0.3, -0.25) is 0 Å². The van der Waals surface area contributed by atoms with Gasteiger partial charge in [0.1, 0.15) is 17.2 Å². The van der Waals surface area contributed by atoms with Gasteiger partial charge in [-0.25, -0.2) is 4.39 Å². The number of fused-ring (bicyclic) bond motifs is 1. The van der Waals surface area contributed by atoms with Crippen LogP contribution in [0.2, 0.25) is 0 Å². The Morgan fingerprint density at radius 3 is 2.71 bits per heavy atom. The Balaban J connectivity index is 2.10. The highest BCUT2D eigenvalue weighted by molar-refractivity contribution is 7.81. The largest absolute Gasteiger partial charge is 0.482 e. The first-order valence-corrected chi connectivity index (χ1v) is 8.67. The zero-order valence-corrected chi connectivity index (χ0v) is 14.7. The van der Waals surface area contributed by atoms with Gasteiger partial charge in [0.15, 0.2) is 0 Å². The van der Waals surface area contributed by atoms with Crippen molar-refractivity contribution < 1.29 is 9.13 Å². The Kier molecular flexibility index (Phi) is 4.86. The molecule has 2 nitrogen and oxygen atoms in total. The first-order chi connectivity index (χ1) is 11.6. The highest BCUT2D eigenvalue weighted by Crippen LogP contribution is 2.46. The molecule has 1 aromatic carbocycles. The van der Waals surface area contributed by atoms with Crippen molar-refractivity contribution in [1.29, 1.82) is 0 Å². The number of allylic oxidation sites excluding steroid dienone is 6. The highest BCUT2D eigenvalue weighted by atomic mass is 32.1. The number of anilines is 1. The number of nitrogens with one attached hydrogen (secondary N) is 1. The van der Waals surface area contributed by atoms with E-state index in [0.717, 1.165) is 53.8 Å². The third kappa shape index (κ3) is 3.29. The van der Waals surface area contributed by atoms with E-state index in [1.165, 1.54) is 6.08 Å². The zero-order chi connectivity index (χ0) is 17.2. The van der Waals surface area contributed by atoms with Crippen LogP contribution in [0.25, 0.3) is 5.57 Å². The molecule has 0 bridgehead atoms. The third-order valence-electron chi connectivity index (χ3n) is 4.64. The fourth-order valence-corrected chi connectivity index (χ4v) is 3.61. The summed E-state index contributed by atoms with van der Waals surface area (Å²) >= 11 is 4.12. The molecule has 2 aliphatic rings. The Morgan fingerprint density at radius 1 is 1.33 bits per heavy atom. The van der Waals surface area contributed by atoms with Gasteiger partial charge in [-0.15, -0.1) is 0 Å². The van der Waals surface area contributed by atoms with Gasteiger partial charge in [0.25, 0.3) is 0 Å². The summed E-state index contributed by atoms with van der Waals surface area (Å²) < 4.78 is 22.3. The summed E-state index contributed by atoms with van der Waals surface area (Å²) in [5.74, 6) is 0.396. The van der Waals surface area contributed by atoms with Gasteiger partial charge < -0.3 is 9.46 Å². The second-order valence-corrected chi connectivity index (χ2v) is 6.50. The van der Waals surface area contributed by atoms with E-state index in [2.05, 4.69) is 30.2 Å². The highest BCUT2D eigenvalue weighted by Gasteiger charge is 2.38. The van der Waals surface area contributed by atoms with Crippen molar-refractivity contribution in [1.82, 2.24) is 0 Å². The van der Waals surface area contributed by atoms with Crippen LogP contribution in [0.5, 0.6) is 5.75 Å². The van der Waals surface area contributed by atoms with Crippen LogP contribution in [-0.4, -0.2) is 5.60 Å². The molecule has 1 N–H and O–H groups in total. The van der Waals surface area contributed by atoms with E-state index in [1.807, 2.05) is 31.2 Å². The molecule has 0 atom stereocenters. The van der Waals surface area contributed by atoms with E-state index in [9.17, 15) is 4.39 Å². The van der Waals surface area contributed by atoms with Crippen molar-refractivity contribution in [2.75, 3.05) is 4.72 Å². The minimum atomic E-state index is -0.451. The van der Waals surface area contributed by atoms with Crippen LogP contribution >= 0.6 is 12.8 Å². The summed E-state index contributed by atoms with van der Waals surface area (Å²) in [5.41, 5.74) is 3.70. The predicted octanol–water partition coefficient (Wildman–Crippen LogP) is 6.02. The monoisotopic (exact) mass is 343 g/mol. The quantitative estimate of drug-likeness (QED) is 0.515. The topological polar surface area (TPSA) is 21.3 Å². The minimum Gasteiger partial charge on any atom is -0.482 e. The lowest BCUT2D eigenvalue weighted by Crippen LogP contribution is -2.33. The molecule has 0 radical (unpaired) electrons. The normalized spacial score (nSPS) is 19.1. The lowest BCUT2D eigenvalue weighted by atomic mass is 9.86. The second-order valence-electron chi connectivity index (χ2n) is 6.28. The van der Waals surface area contributed by atoms with E-state index in [1.54, 1.807) is 6.08 Å². The number of hydrogen-bond donors (Lipinski definition) is 2. The van der Waals surface area contributed by atoms with Crippen LogP contribution in [-0.2, 0) is 0 Å². The fraction of sp³-hybridized carbons (Fsp3) is 0.300. The van der Waals surface area contributed by atoms with Gasteiger partial charge in [0, 0.05) is 17.3 Å². The summed E-state index contributed by atoms with van der Waals surface area (Å²) in [4.78, 5) is 0.